The van der Waals surface area contributed by atoms with Crippen molar-refractivity contribution in [1.82, 2.24) is 4.90 Å². The fourth-order valence-corrected chi connectivity index (χ4v) is 2.76. The van der Waals surface area contributed by atoms with Crippen molar-refractivity contribution < 1.29 is 19.0 Å². The van der Waals surface area contributed by atoms with Gasteiger partial charge in [0, 0.05) is 18.7 Å². The second kappa shape index (κ2) is 7.86. The third-order valence-electron chi connectivity index (χ3n) is 3.83. The van der Waals surface area contributed by atoms with Crippen molar-refractivity contribution in [3.05, 3.63) is 17.2 Å². The van der Waals surface area contributed by atoms with Gasteiger partial charge in [-0.15, -0.1) is 0 Å². The summed E-state index contributed by atoms with van der Waals surface area (Å²) in [6.07, 6.45) is 0.129. The molecule has 0 bridgehead atoms. The Morgan fingerprint density at radius 3 is 2.70 bits per heavy atom. The molecule has 7 heteroatoms. The SMILES string of the molecule is COc1cc(OC)c(NC(=O)CN2CC(C)OCC2C)cc1Cl. The van der Waals surface area contributed by atoms with Gasteiger partial charge in [-0.1, -0.05) is 11.6 Å². The van der Waals surface area contributed by atoms with Crippen molar-refractivity contribution in [3.63, 3.8) is 0 Å². The van der Waals surface area contributed by atoms with Gasteiger partial charge in [0.25, 0.3) is 0 Å². The van der Waals surface area contributed by atoms with E-state index in [2.05, 4.69) is 10.2 Å². The predicted molar refractivity (Wildman–Crippen MR) is 89.6 cm³/mol. The van der Waals surface area contributed by atoms with Crippen molar-refractivity contribution in [1.29, 1.82) is 0 Å². The van der Waals surface area contributed by atoms with Crippen LogP contribution in [0, 0.1) is 0 Å². The summed E-state index contributed by atoms with van der Waals surface area (Å²) >= 11 is 6.12. The minimum Gasteiger partial charge on any atom is -0.495 e. The van der Waals surface area contributed by atoms with Crippen molar-refractivity contribution in [2.45, 2.75) is 26.0 Å². The van der Waals surface area contributed by atoms with Gasteiger partial charge in [0.15, 0.2) is 0 Å². The molecule has 0 saturated carbocycles. The average Bonchev–Trinajstić information content (AvgIpc) is 2.51. The highest BCUT2D eigenvalue weighted by Crippen LogP contribution is 2.35. The van der Waals surface area contributed by atoms with Crippen LogP contribution in [0.15, 0.2) is 12.1 Å². The second-order valence-electron chi connectivity index (χ2n) is 5.66. The van der Waals surface area contributed by atoms with Crippen molar-refractivity contribution in [2.24, 2.45) is 0 Å². The van der Waals surface area contributed by atoms with Crippen LogP contribution in [0.2, 0.25) is 5.02 Å². The highest BCUT2D eigenvalue weighted by Gasteiger charge is 2.25. The molecule has 1 amide bonds. The molecule has 23 heavy (non-hydrogen) atoms. The first-order valence-corrected chi connectivity index (χ1v) is 7.89. The first-order chi connectivity index (χ1) is 10.9. The van der Waals surface area contributed by atoms with Crippen LogP contribution < -0.4 is 14.8 Å². The summed E-state index contributed by atoms with van der Waals surface area (Å²) in [5.74, 6) is 0.880. The highest BCUT2D eigenvalue weighted by atomic mass is 35.5. The number of hydrogen-bond donors (Lipinski definition) is 1. The monoisotopic (exact) mass is 342 g/mol. The Bertz CT molecular complexity index is 567. The van der Waals surface area contributed by atoms with Crippen LogP contribution in [0.1, 0.15) is 13.8 Å². The van der Waals surface area contributed by atoms with Crippen LogP contribution in [-0.4, -0.2) is 56.9 Å². The lowest BCUT2D eigenvalue weighted by atomic mass is 10.2. The van der Waals surface area contributed by atoms with E-state index in [4.69, 9.17) is 25.8 Å². The molecule has 0 spiro atoms. The minimum absolute atomic E-state index is 0.120. The van der Waals surface area contributed by atoms with Crippen LogP contribution in [0.3, 0.4) is 0 Å². The summed E-state index contributed by atoms with van der Waals surface area (Å²) in [5, 5.41) is 3.26. The molecule has 0 aliphatic carbocycles. The van der Waals surface area contributed by atoms with E-state index < -0.39 is 0 Å². The number of amides is 1. The van der Waals surface area contributed by atoms with Crippen molar-refractivity contribution in [3.8, 4) is 11.5 Å². The van der Waals surface area contributed by atoms with Crippen LogP contribution in [0.5, 0.6) is 11.5 Å². The maximum Gasteiger partial charge on any atom is 0.238 e. The number of hydrogen-bond acceptors (Lipinski definition) is 5. The molecule has 2 atom stereocenters. The molecule has 1 aliphatic rings. The fourth-order valence-electron chi connectivity index (χ4n) is 2.52. The zero-order valence-corrected chi connectivity index (χ0v) is 14.6. The van der Waals surface area contributed by atoms with Crippen LogP contribution in [0.4, 0.5) is 5.69 Å². The number of anilines is 1. The number of nitrogens with zero attached hydrogens (tertiary/aromatic N) is 1. The lowest BCUT2D eigenvalue weighted by molar-refractivity contribution is -0.121. The van der Waals surface area contributed by atoms with Gasteiger partial charge >= 0.3 is 0 Å². The van der Waals surface area contributed by atoms with Gasteiger partial charge in [0.1, 0.15) is 11.5 Å². The number of carbonyl (C=O) groups excluding carboxylic acids is 1. The summed E-state index contributed by atoms with van der Waals surface area (Å²) in [4.78, 5) is 14.4. The van der Waals surface area contributed by atoms with E-state index in [1.165, 1.54) is 14.2 Å². The van der Waals surface area contributed by atoms with Gasteiger partial charge in [-0.3, -0.25) is 9.69 Å². The van der Waals surface area contributed by atoms with E-state index in [0.29, 0.717) is 35.4 Å². The number of morpholine rings is 1. The Morgan fingerprint density at radius 2 is 2.04 bits per heavy atom. The Kier molecular flexibility index (Phi) is 6.10. The molecule has 0 aromatic heterocycles. The number of benzene rings is 1. The van der Waals surface area contributed by atoms with Crippen molar-refractivity contribution in [2.75, 3.05) is 39.2 Å². The Hall–Kier alpha value is -1.50. The van der Waals surface area contributed by atoms with E-state index in [1.54, 1.807) is 12.1 Å². The molecule has 1 N–H and O–H groups in total. The van der Waals surface area contributed by atoms with E-state index >= 15 is 0 Å². The molecule has 2 unspecified atom stereocenters. The van der Waals surface area contributed by atoms with E-state index in [-0.39, 0.29) is 18.1 Å². The number of nitrogens with one attached hydrogen (secondary N) is 1. The molecular weight excluding hydrogens is 320 g/mol. The van der Waals surface area contributed by atoms with Gasteiger partial charge in [0.2, 0.25) is 5.91 Å². The normalized spacial score (nSPS) is 21.8. The largest absolute Gasteiger partial charge is 0.495 e. The quantitative estimate of drug-likeness (QED) is 0.890. The Labute approximate surface area is 141 Å². The molecule has 6 nitrogen and oxygen atoms in total. The molecule has 1 aromatic carbocycles. The number of rotatable bonds is 5. The summed E-state index contributed by atoms with van der Waals surface area (Å²) in [7, 11) is 3.06. The lowest BCUT2D eigenvalue weighted by Crippen LogP contribution is -2.50. The maximum absolute atomic E-state index is 12.3. The topological polar surface area (TPSA) is 60.0 Å². The fraction of sp³-hybridized carbons (Fsp3) is 0.562. The lowest BCUT2D eigenvalue weighted by Gasteiger charge is -2.36. The standard InChI is InChI=1S/C16H23ClN2O4/c1-10-9-23-11(2)7-19(10)8-16(20)18-13-5-12(17)14(21-3)6-15(13)22-4/h5-6,10-11H,7-9H2,1-4H3,(H,18,20). The smallest absolute Gasteiger partial charge is 0.238 e. The van der Waals surface area contributed by atoms with E-state index in [9.17, 15) is 4.79 Å². The van der Waals surface area contributed by atoms with Gasteiger partial charge in [-0.2, -0.15) is 0 Å². The zero-order valence-electron chi connectivity index (χ0n) is 13.9. The highest BCUT2D eigenvalue weighted by molar-refractivity contribution is 6.32. The van der Waals surface area contributed by atoms with Gasteiger partial charge < -0.3 is 19.5 Å². The molecular formula is C16H23ClN2O4. The summed E-state index contributed by atoms with van der Waals surface area (Å²) in [6, 6.07) is 3.48. The average molecular weight is 343 g/mol. The Balaban J connectivity index is 2.06. The van der Waals surface area contributed by atoms with Gasteiger partial charge in [0.05, 0.1) is 44.2 Å². The van der Waals surface area contributed by atoms with Crippen LogP contribution in [0.25, 0.3) is 0 Å². The minimum atomic E-state index is -0.120. The van der Waals surface area contributed by atoms with E-state index in [1.807, 2.05) is 13.8 Å². The molecule has 2 rings (SSSR count). The third-order valence-corrected chi connectivity index (χ3v) is 4.13. The maximum atomic E-state index is 12.3. The van der Waals surface area contributed by atoms with Crippen molar-refractivity contribution >= 4 is 23.2 Å². The molecule has 128 valence electrons. The number of ether oxygens (including phenoxy) is 3. The molecule has 0 radical (unpaired) electrons. The van der Waals surface area contributed by atoms with Gasteiger partial charge in [-0.05, 0) is 19.9 Å². The molecule has 1 aromatic rings. The summed E-state index contributed by atoms with van der Waals surface area (Å²) < 4.78 is 16.0. The molecule has 1 heterocycles. The summed E-state index contributed by atoms with van der Waals surface area (Å²) in [5.41, 5.74) is 0.525. The number of methoxy groups -OCH3 is 2. The zero-order chi connectivity index (χ0) is 17.0. The van der Waals surface area contributed by atoms with Crippen LogP contribution >= 0.6 is 11.6 Å². The first kappa shape index (κ1) is 17.8. The van der Waals surface area contributed by atoms with Crippen LogP contribution in [-0.2, 0) is 9.53 Å². The molecule has 1 fully saturated rings. The second-order valence-corrected chi connectivity index (χ2v) is 6.06. The molecule has 1 saturated heterocycles. The van der Waals surface area contributed by atoms with E-state index in [0.717, 1.165) is 6.54 Å². The van der Waals surface area contributed by atoms with Gasteiger partial charge in [-0.25, -0.2) is 0 Å². The molecule has 1 aliphatic heterocycles. The number of halogens is 1. The third kappa shape index (κ3) is 4.50. The summed E-state index contributed by atoms with van der Waals surface area (Å²) in [6.45, 7) is 5.70. The Morgan fingerprint density at radius 1 is 1.35 bits per heavy atom. The predicted octanol–water partition coefficient (Wildman–Crippen LogP) is 2.40. The number of carbonyl (C=O) groups is 1. The first-order valence-electron chi connectivity index (χ1n) is 7.51.